The van der Waals surface area contributed by atoms with Crippen LogP contribution in [0, 0.1) is 0 Å². The summed E-state index contributed by atoms with van der Waals surface area (Å²) in [5.74, 6) is 0. The smallest absolute Gasteiger partial charge is 0.145 e. The van der Waals surface area contributed by atoms with Crippen molar-refractivity contribution in [2.24, 2.45) is 5.73 Å². The summed E-state index contributed by atoms with van der Waals surface area (Å²) < 4.78 is 0. The second-order valence-electron chi connectivity index (χ2n) is 7.80. The predicted molar refractivity (Wildman–Crippen MR) is 92.0 cm³/mol. The standard InChI is InChI=1S/C17H37N3O/c1-9-10-11-20(8)17(6,7)12-13(2)14(18)15(21)19-16(3,4)5/h15,19,21H,9-12,18H2,1-8H3. The molecule has 0 aliphatic carbocycles. The average molecular weight is 300 g/mol. The highest BCUT2D eigenvalue weighted by Gasteiger charge is 2.26. The van der Waals surface area contributed by atoms with Gasteiger partial charge in [-0.3, -0.25) is 5.32 Å². The summed E-state index contributed by atoms with van der Waals surface area (Å²) in [6.07, 6.45) is 2.46. The minimum atomic E-state index is -0.790. The van der Waals surface area contributed by atoms with E-state index in [9.17, 15) is 5.11 Å². The van der Waals surface area contributed by atoms with Gasteiger partial charge in [0, 0.05) is 11.1 Å². The largest absolute Gasteiger partial charge is 0.399 e. The topological polar surface area (TPSA) is 61.5 Å². The fraction of sp³-hybridized carbons (Fsp3) is 0.882. The fourth-order valence-electron chi connectivity index (χ4n) is 2.31. The molecule has 0 aliphatic rings. The van der Waals surface area contributed by atoms with Crippen LogP contribution >= 0.6 is 0 Å². The van der Waals surface area contributed by atoms with Crippen LogP contribution in [0.1, 0.15) is 67.7 Å². The van der Waals surface area contributed by atoms with Gasteiger partial charge >= 0.3 is 0 Å². The molecular formula is C17H37N3O. The van der Waals surface area contributed by atoms with Crippen LogP contribution in [0.25, 0.3) is 0 Å². The van der Waals surface area contributed by atoms with Crippen molar-refractivity contribution in [3.8, 4) is 0 Å². The first-order chi connectivity index (χ1) is 9.40. The van der Waals surface area contributed by atoms with Gasteiger partial charge in [-0.2, -0.15) is 0 Å². The fourth-order valence-corrected chi connectivity index (χ4v) is 2.31. The minimum absolute atomic E-state index is 0.0331. The van der Waals surface area contributed by atoms with Gasteiger partial charge in [-0.1, -0.05) is 13.3 Å². The molecule has 1 atom stereocenters. The molecule has 0 saturated carbocycles. The van der Waals surface area contributed by atoms with Crippen molar-refractivity contribution in [1.82, 2.24) is 10.2 Å². The van der Waals surface area contributed by atoms with E-state index in [0.29, 0.717) is 5.70 Å². The summed E-state index contributed by atoms with van der Waals surface area (Å²) >= 11 is 0. The third-order valence-electron chi connectivity index (χ3n) is 3.94. The molecule has 0 aromatic carbocycles. The second-order valence-corrected chi connectivity index (χ2v) is 7.80. The number of aliphatic hydroxyl groups is 1. The van der Waals surface area contributed by atoms with E-state index in [-0.39, 0.29) is 11.1 Å². The maximum Gasteiger partial charge on any atom is 0.145 e. The zero-order valence-electron chi connectivity index (χ0n) is 15.4. The van der Waals surface area contributed by atoms with E-state index in [1.54, 1.807) is 0 Å². The summed E-state index contributed by atoms with van der Waals surface area (Å²) in [5.41, 5.74) is 7.58. The minimum Gasteiger partial charge on any atom is -0.399 e. The van der Waals surface area contributed by atoms with E-state index in [4.69, 9.17) is 5.73 Å². The Kier molecular flexibility index (Phi) is 7.93. The molecule has 0 aliphatic heterocycles. The van der Waals surface area contributed by atoms with Gasteiger partial charge in [0.05, 0.1) is 5.70 Å². The molecule has 1 unspecified atom stereocenters. The van der Waals surface area contributed by atoms with Crippen LogP contribution in [0.15, 0.2) is 11.3 Å². The number of rotatable bonds is 8. The van der Waals surface area contributed by atoms with Crippen molar-refractivity contribution in [1.29, 1.82) is 0 Å². The molecular weight excluding hydrogens is 262 g/mol. The first kappa shape index (κ1) is 20.4. The zero-order valence-corrected chi connectivity index (χ0v) is 15.4. The van der Waals surface area contributed by atoms with Crippen LogP contribution in [0.2, 0.25) is 0 Å². The maximum atomic E-state index is 10.2. The van der Waals surface area contributed by atoms with Crippen molar-refractivity contribution in [2.75, 3.05) is 13.6 Å². The van der Waals surface area contributed by atoms with Crippen LogP contribution < -0.4 is 11.1 Å². The summed E-state index contributed by atoms with van der Waals surface area (Å²) in [5, 5.41) is 13.3. The Bertz CT molecular complexity index is 342. The molecule has 0 saturated heterocycles. The normalized spacial score (nSPS) is 16.1. The molecule has 0 fully saturated rings. The Morgan fingerprint density at radius 2 is 1.76 bits per heavy atom. The van der Waals surface area contributed by atoms with Crippen molar-refractivity contribution in [3.63, 3.8) is 0 Å². The van der Waals surface area contributed by atoms with Gasteiger partial charge in [-0.15, -0.1) is 0 Å². The highest BCUT2D eigenvalue weighted by molar-refractivity contribution is 5.15. The molecule has 0 aromatic heterocycles. The molecule has 4 heteroatoms. The summed E-state index contributed by atoms with van der Waals surface area (Å²) in [4.78, 5) is 2.37. The summed E-state index contributed by atoms with van der Waals surface area (Å²) in [7, 11) is 2.16. The molecule has 126 valence electrons. The van der Waals surface area contributed by atoms with Gasteiger partial charge in [-0.25, -0.2) is 0 Å². The first-order valence-electron chi connectivity index (χ1n) is 8.03. The van der Waals surface area contributed by atoms with E-state index in [0.717, 1.165) is 18.5 Å². The molecule has 0 aromatic rings. The lowest BCUT2D eigenvalue weighted by Crippen LogP contribution is -2.47. The van der Waals surface area contributed by atoms with Crippen LogP contribution in [-0.4, -0.2) is 40.9 Å². The maximum absolute atomic E-state index is 10.2. The van der Waals surface area contributed by atoms with Crippen LogP contribution in [-0.2, 0) is 0 Å². The van der Waals surface area contributed by atoms with Crippen LogP contribution in [0.3, 0.4) is 0 Å². The Hall–Kier alpha value is -0.580. The number of hydrogen-bond acceptors (Lipinski definition) is 4. The molecule has 21 heavy (non-hydrogen) atoms. The van der Waals surface area contributed by atoms with Crippen LogP contribution in [0.5, 0.6) is 0 Å². The number of nitrogens with zero attached hydrogens (tertiary/aromatic N) is 1. The van der Waals surface area contributed by atoms with Crippen molar-refractivity contribution in [2.45, 2.75) is 85.0 Å². The highest BCUT2D eigenvalue weighted by Crippen LogP contribution is 2.24. The predicted octanol–water partition coefficient (Wildman–Crippen LogP) is 2.83. The second kappa shape index (κ2) is 8.16. The number of hydrogen-bond donors (Lipinski definition) is 3. The Labute approximate surface area is 131 Å². The summed E-state index contributed by atoms with van der Waals surface area (Å²) in [6.45, 7) is 15.8. The third kappa shape index (κ3) is 7.84. The number of nitrogens with two attached hydrogens (primary N) is 1. The van der Waals surface area contributed by atoms with E-state index < -0.39 is 6.23 Å². The molecule has 0 heterocycles. The van der Waals surface area contributed by atoms with Crippen molar-refractivity contribution < 1.29 is 5.11 Å². The zero-order chi connectivity index (χ0) is 16.8. The van der Waals surface area contributed by atoms with Crippen LogP contribution in [0.4, 0.5) is 0 Å². The molecule has 0 rings (SSSR count). The Morgan fingerprint density at radius 1 is 1.24 bits per heavy atom. The molecule has 4 nitrogen and oxygen atoms in total. The lowest BCUT2D eigenvalue weighted by atomic mass is 9.92. The molecule has 4 N–H and O–H groups in total. The number of nitrogens with one attached hydrogen (secondary N) is 1. The molecule has 0 radical (unpaired) electrons. The molecule has 0 spiro atoms. The SMILES string of the molecule is CCCCN(C)C(C)(C)CC(C)=C(N)C(O)NC(C)(C)C. The van der Waals surface area contributed by atoms with Gasteiger partial charge < -0.3 is 15.7 Å². The lowest BCUT2D eigenvalue weighted by molar-refractivity contribution is 0.131. The van der Waals surface area contributed by atoms with Gasteiger partial charge in [0.15, 0.2) is 0 Å². The molecule has 0 amide bonds. The van der Waals surface area contributed by atoms with Gasteiger partial charge in [-0.05, 0) is 73.5 Å². The number of aliphatic hydroxyl groups excluding tert-OH is 1. The van der Waals surface area contributed by atoms with Crippen molar-refractivity contribution in [3.05, 3.63) is 11.3 Å². The molecule has 0 bridgehead atoms. The Balaban J connectivity index is 4.82. The van der Waals surface area contributed by atoms with Crippen molar-refractivity contribution >= 4 is 0 Å². The van der Waals surface area contributed by atoms with Gasteiger partial charge in [0.1, 0.15) is 6.23 Å². The third-order valence-corrected chi connectivity index (χ3v) is 3.94. The first-order valence-corrected chi connectivity index (χ1v) is 8.03. The highest BCUT2D eigenvalue weighted by atomic mass is 16.3. The average Bonchev–Trinajstić information content (AvgIpc) is 2.31. The monoisotopic (exact) mass is 299 g/mol. The number of unbranched alkanes of at least 4 members (excludes halogenated alkanes) is 1. The van der Waals surface area contributed by atoms with E-state index in [1.807, 2.05) is 27.7 Å². The van der Waals surface area contributed by atoms with Gasteiger partial charge in [0.25, 0.3) is 0 Å². The lowest BCUT2D eigenvalue weighted by Gasteiger charge is -2.37. The quantitative estimate of drug-likeness (QED) is 0.603. The summed E-state index contributed by atoms with van der Waals surface area (Å²) in [6, 6.07) is 0. The van der Waals surface area contributed by atoms with Gasteiger partial charge in [0.2, 0.25) is 0 Å². The Morgan fingerprint density at radius 3 is 2.19 bits per heavy atom. The van der Waals surface area contributed by atoms with E-state index in [2.05, 4.69) is 38.0 Å². The van der Waals surface area contributed by atoms with E-state index >= 15 is 0 Å². The van der Waals surface area contributed by atoms with E-state index in [1.165, 1.54) is 12.8 Å².